The van der Waals surface area contributed by atoms with Crippen LogP contribution in [-0.2, 0) is 6.42 Å². The van der Waals surface area contributed by atoms with Gasteiger partial charge in [-0.15, -0.1) is 0 Å². The number of benzene rings is 1. The van der Waals surface area contributed by atoms with Crippen LogP contribution in [0.15, 0.2) is 12.1 Å². The van der Waals surface area contributed by atoms with E-state index in [0.717, 1.165) is 24.0 Å². The van der Waals surface area contributed by atoms with Crippen molar-refractivity contribution < 1.29 is 0 Å². The molecule has 0 amide bonds. The lowest BCUT2D eigenvalue weighted by atomic mass is 10.2. The normalized spacial score (nSPS) is 10.8. The van der Waals surface area contributed by atoms with E-state index in [1.54, 1.807) is 6.07 Å². The summed E-state index contributed by atoms with van der Waals surface area (Å²) >= 11 is 18.6. The van der Waals surface area contributed by atoms with Crippen LogP contribution in [0.5, 0.6) is 0 Å². The molecule has 0 bridgehead atoms. The molecule has 6 heteroatoms. The van der Waals surface area contributed by atoms with Crippen molar-refractivity contribution in [3.8, 4) is 0 Å². The van der Waals surface area contributed by atoms with E-state index in [4.69, 9.17) is 34.8 Å². The molecular formula is C15H16Cl3N3. The molecule has 1 aromatic carbocycles. The largest absolute Gasteiger partial charge is 0.339 e. The summed E-state index contributed by atoms with van der Waals surface area (Å²) in [6.45, 7) is 5.84. The molecule has 1 N–H and O–H groups in total. The van der Waals surface area contributed by atoms with Gasteiger partial charge >= 0.3 is 0 Å². The van der Waals surface area contributed by atoms with Gasteiger partial charge in [-0.2, -0.15) is 0 Å². The van der Waals surface area contributed by atoms with Gasteiger partial charge in [0.05, 0.1) is 10.7 Å². The first-order valence-corrected chi connectivity index (χ1v) is 7.81. The molecule has 0 atom stereocenters. The Morgan fingerprint density at radius 3 is 2.43 bits per heavy atom. The summed E-state index contributed by atoms with van der Waals surface area (Å²) in [5.74, 6) is 1.37. The van der Waals surface area contributed by atoms with Crippen molar-refractivity contribution in [2.24, 2.45) is 0 Å². The van der Waals surface area contributed by atoms with Gasteiger partial charge in [-0.3, -0.25) is 0 Å². The standard InChI is InChI=1S/C15H16Cl3N3/c1-4-5-13-20-14(18)9(3)15(21-13)19-12-7-10(16)8(2)6-11(12)17/h6-7H,4-5H2,1-3H3,(H,19,20,21). The average molecular weight is 345 g/mol. The third kappa shape index (κ3) is 3.79. The maximum Gasteiger partial charge on any atom is 0.138 e. The summed E-state index contributed by atoms with van der Waals surface area (Å²) in [4.78, 5) is 8.78. The van der Waals surface area contributed by atoms with E-state index in [1.165, 1.54) is 0 Å². The molecule has 112 valence electrons. The van der Waals surface area contributed by atoms with Crippen molar-refractivity contribution in [1.29, 1.82) is 0 Å². The van der Waals surface area contributed by atoms with Gasteiger partial charge in [0.2, 0.25) is 0 Å². The molecule has 2 rings (SSSR count). The Morgan fingerprint density at radius 1 is 1.05 bits per heavy atom. The second-order valence-electron chi connectivity index (χ2n) is 4.86. The molecule has 0 aliphatic carbocycles. The van der Waals surface area contributed by atoms with Crippen LogP contribution in [0.4, 0.5) is 11.5 Å². The second kappa shape index (κ2) is 6.82. The molecular weight excluding hydrogens is 329 g/mol. The fourth-order valence-electron chi connectivity index (χ4n) is 1.86. The quantitative estimate of drug-likeness (QED) is 0.718. The maximum absolute atomic E-state index is 6.25. The lowest BCUT2D eigenvalue weighted by Gasteiger charge is -2.13. The number of nitrogens with one attached hydrogen (secondary N) is 1. The lowest BCUT2D eigenvalue weighted by Crippen LogP contribution is -2.04. The summed E-state index contributed by atoms with van der Waals surface area (Å²) in [6, 6.07) is 3.60. The van der Waals surface area contributed by atoms with Crippen LogP contribution in [-0.4, -0.2) is 9.97 Å². The zero-order chi connectivity index (χ0) is 15.6. The zero-order valence-corrected chi connectivity index (χ0v) is 14.4. The number of anilines is 2. The topological polar surface area (TPSA) is 37.8 Å². The highest BCUT2D eigenvalue weighted by molar-refractivity contribution is 6.36. The van der Waals surface area contributed by atoms with Gasteiger partial charge in [0.25, 0.3) is 0 Å². The van der Waals surface area contributed by atoms with Crippen molar-refractivity contribution >= 4 is 46.3 Å². The lowest BCUT2D eigenvalue weighted by molar-refractivity contribution is 0.833. The number of aromatic nitrogens is 2. The van der Waals surface area contributed by atoms with Gasteiger partial charge in [0.15, 0.2) is 0 Å². The van der Waals surface area contributed by atoms with Crippen molar-refractivity contribution in [2.45, 2.75) is 33.6 Å². The van der Waals surface area contributed by atoms with Crippen LogP contribution in [0.3, 0.4) is 0 Å². The summed E-state index contributed by atoms with van der Waals surface area (Å²) in [7, 11) is 0. The van der Waals surface area contributed by atoms with E-state index >= 15 is 0 Å². The van der Waals surface area contributed by atoms with Crippen LogP contribution in [0.25, 0.3) is 0 Å². The molecule has 0 radical (unpaired) electrons. The number of halogens is 3. The summed E-state index contributed by atoms with van der Waals surface area (Å²) in [6.07, 6.45) is 1.73. The predicted molar refractivity (Wildman–Crippen MR) is 90.3 cm³/mol. The van der Waals surface area contributed by atoms with E-state index in [9.17, 15) is 0 Å². The maximum atomic E-state index is 6.25. The Bertz CT molecular complexity index is 672. The number of nitrogens with zero attached hydrogens (tertiary/aromatic N) is 2. The first-order valence-electron chi connectivity index (χ1n) is 6.68. The smallest absolute Gasteiger partial charge is 0.138 e. The SMILES string of the molecule is CCCc1nc(Cl)c(C)c(Nc2cc(Cl)c(C)cc2Cl)n1. The van der Waals surface area contributed by atoms with Gasteiger partial charge < -0.3 is 5.32 Å². The number of rotatable bonds is 4. The molecule has 0 spiro atoms. The second-order valence-corrected chi connectivity index (χ2v) is 6.03. The number of hydrogen-bond acceptors (Lipinski definition) is 3. The predicted octanol–water partition coefficient (Wildman–Crippen LogP) is 5.75. The van der Waals surface area contributed by atoms with Crippen molar-refractivity contribution in [3.63, 3.8) is 0 Å². The minimum Gasteiger partial charge on any atom is -0.339 e. The molecule has 1 aromatic heterocycles. The third-order valence-corrected chi connectivity index (χ3v) is 4.20. The molecule has 1 heterocycles. The van der Waals surface area contributed by atoms with Crippen LogP contribution in [0, 0.1) is 13.8 Å². The van der Waals surface area contributed by atoms with Gasteiger partial charge in [-0.05, 0) is 38.0 Å². The first kappa shape index (κ1) is 16.3. The van der Waals surface area contributed by atoms with Crippen LogP contribution in [0.1, 0.15) is 30.3 Å². The van der Waals surface area contributed by atoms with Crippen LogP contribution < -0.4 is 5.32 Å². The fraction of sp³-hybridized carbons (Fsp3) is 0.333. The Labute approximate surface area is 139 Å². The van der Waals surface area contributed by atoms with Gasteiger partial charge in [-0.25, -0.2) is 9.97 Å². The van der Waals surface area contributed by atoms with Gasteiger partial charge in [-0.1, -0.05) is 41.7 Å². The Kier molecular flexibility index (Phi) is 5.31. The highest BCUT2D eigenvalue weighted by Gasteiger charge is 2.12. The third-order valence-electron chi connectivity index (χ3n) is 3.11. The molecule has 0 saturated heterocycles. The van der Waals surface area contributed by atoms with Crippen molar-refractivity contribution in [3.05, 3.63) is 44.3 Å². The van der Waals surface area contributed by atoms with Crippen molar-refractivity contribution in [1.82, 2.24) is 9.97 Å². The molecule has 21 heavy (non-hydrogen) atoms. The summed E-state index contributed by atoms with van der Waals surface area (Å²) in [5, 5.41) is 4.88. The Morgan fingerprint density at radius 2 is 1.76 bits per heavy atom. The molecule has 0 fully saturated rings. The number of hydrogen-bond donors (Lipinski definition) is 1. The molecule has 0 unspecified atom stereocenters. The van der Waals surface area contributed by atoms with Gasteiger partial charge in [0.1, 0.15) is 16.8 Å². The minimum atomic E-state index is 0.449. The van der Waals surface area contributed by atoms with Crippen LogP contribution in [0.2, 0.25) is 15.2 Å². The fourth-order valence-corrected chi connectivity index (χ4v) is 2.48. The van der Waals surface area contributed by atoms with Gasteiger partial charge in [0, 0.05) is 17.0 Å². The summed E-state index contributed by atoms with van der Waals surface area (Å²) < 4.78 is 0. The highest BCUT2D eigenvalue weighted by Crippen LogP contribution is 2.32. The molecule has 0 saturated carbocycles. The average Bonchev–Trinajstić information content (AvgIpc) is 2.42. The van der Waals surface area contributed by atoms with E-state index < -0.39 is 0 Å². The summed E-state index contributed by atoms with van der Waals surface area (Å²) in [5.41, 5.74) is 2.41. The molecule has 0 aliphatic heterocycles. The van der Waals surface area contributed by atoms with E-state index in [2.05, 4.69) is 22.2 Å². The Balaban J connectivity index is 2.41. The van der Waals surface area contributed by atoms with E-state index in [0.29, 0.717) is 32.5 Å². The van der Waals surface area contributed by atoms with Crippen LogP contribution >= 0.6 is 34.8 Å². The van der Waals surface area contributed by atoms with E-state index in [1.807, 2.05) is 19.9 Å². The molecule has 2 aromatic rings. The number of aryl methyl sites for hydroxylation is 2. The monoisotopic (exact) mass is 343 g/mol. The first-order chi connectivity index (χ1) is 9.92. The molecule has 0 aliphatic rings. The molecule has 3 nitrogen and oxygen atoms in total. The zero-order valence-electron chi connectivity index (χ0n) is 12.1. The Hall–Kier alpha value is -1.03. The van der Waals surface area contributed by atoms with E-state index in [-0.39, 0.29) is 0 Å². The highest BCUT2D eigenvalue weighted by atomic mass is 35.5. The van der Waals surface area contributed by atoms with Crippen molar-refractivity contribution in [2.75, 3.05) is 5.32 Å². The minimum absolute atomic E-state index is 0.449.